The molecule has 1 aliphatic carbocycles. The molecule has 1 heterocycles. The van der Waals surface area contributed by atoms with Crippen LogP contribution in [-0.4, -0.2) is 41.5 Å². The van der Waals surface area contributed by atoms with Crippen molar-refractivity contribution in [3.63, 3.8) is 0 Å². The maximum atomic E-state index is 11.8. The topological polar surface area (TPSA) is 122 Å². The summed E-state index contributed by atoms with van der Waals surface area (Å²) in [6.45, 7) is 1.11. The van der Waals surface area contributed by atoms with Crippen LogP contribution < -0.4 is 22.3 Å². The average Bonchev–Trinajstić information content (AvgIpc) is 3.18. The second-order valence-corrected chi connectivity index (χ2v) is 5.18. The molecule has 0 atom stereocenters. The number of H-pyrrole nitrogens is 1. The molecule has 0 aliphatic heterocycles. The third-order valence-corrected chi connectivity index (χ3v) is 3.69. The number of nitrogens with zero attached hydrogens (tertiary/aromatic N) is 1. The maximum absolute atomic E-state index is 11.8. The number of nitrogens with one attached hydrogen (secondary N) is 2. The summed E-state index contributed by atoms with van der Waals surface area (Å²) in [5.41, 5.74) is 4.78. The van der Waals surface area contributed by atoms with Crippen LogP contribution >= 0.6 is 0 Å². The molecule has 0 saturated heterocycles. The third-order valence-electron chi connectivity index (χ3n) is 3.69. The number of hydrogen-bond acceptors (Lipinski definition) is 6. The van der Waals surface area contributed by atoms with Gasteiger partial charge >= 0.3 is 5.69 Å². The second-order valence-electron chi connectivity index (χ2n) is 5.18. The summed E-state index contributed by atoms with van der Waals surface area (Å²) < 4.78 is 6.16. The minimum Gasteiger partial charge on any atom is -0.396 e. The van der Waals surface area contributed by atoms with Crippen molar-refractivity contribution < 1.29 is 9.84 Å². The zero-order valence-electron chi connectivity index (χ0n) is 11.4. The highest BCUT2D eigenvalue weighted by Gasteiger charge is 2.41. The fourth-order valence-corrected chi connectivity index (χ4v) is 2.01. The standard InChI is InChI=1S/C12H20N4O4/c1-20-5-4-16-9(13)8(10(18)15-11(16)19)14-6-12(7-17)2-3-12/h14,17H,2-7,13H2,1H3,(H,15,18,19). The molecule has 1 aliphatic rings. The van der Waals surface area contributed by atoms with E-state index in [4.69, 9.17) is 10.5 Å². The van der Waals surface area contributed by atoms with E-state index < -0.39 is 11.2 Å². The molecule has 0 aromatic carbocycles. The summed E-state index contributed by atoms with van der Waals surface area (Å²) in [5, 5.41) is 12.2. The van der Waals surface area contributed by atoms with Crippen LogP contribution in [0, 0.1) is 5.41 Å². The second kappa shape index (κ2) is 5.68. The number of hydrogen-bond donors (Lipinski definition) is 4. The molecule has 0 radical (unpaired) electrons. The van der Waals surface area contributed by atoms with Crippen molar-refractivity contribution >= 4 is 11.5 Å². The first kappa shape index (κ1) is 14.6. The van der Waals surface area contributed by atoms with Gasteiger partial charge in [0.2, 0.25) is 0 Å². The quantitative estimate of drug-likeness (QED) is 0.507. The molecule has 112 valence electrons. The Morgan fingerprint density at radius 1 is 1.50 bits per heavy atom. The van der Waals surface area contributed by atoms with Crippen molar-refractivity contribution in [1.29, 1.82) is 0 Å². The van der Waals surface area contributed by atoms with Crippen molar-refractivity contribution in [3.8, 4) is 0 Å². The van der Waals surface area contributed by atoms with Crippen molar-refractivity contribution in [2.24, 2.45) is 5.41 Å². The third kappa shape index (κ3) is 2.86. The fourth-order valence-electron chi connectivity index (χ4n) is 2.01. The Balaban J connectivity index is 2.23. The van der Waals surface area contributed by atoms with Gasteiger partial charge in [0.05, 0.1) is 19.8 Å². The zero-order valence-corrected chi connectivity index (χ0v) is 11.4. The van der Waals surface area contributed by atoms with Crippen LogP contribution in [0.2, 0.25) is 0 Å². The molecule has 20 heavy (non-hydrogen) atoms. The Morgan fingerprint density at radius 3 is 2.75 bits per heavy atom. The van der Waals surface area contributed by atoms with Gasteiger partial charge in [-0.2, -0.15) is 0 Å². The van der Waals surface area contributed by atoms with Crippen LogP contribution in [0.5, 0.6) is 0 Å². The van der Waals surface area contributed by atoms with Gasteiger partial charge in [-0.1, -0.05) is 0 Å². The molecule has 8 nitrogen and oxygen atoms in total. The van der Waals surface area contributed by atoms with E-state index in [-0.39, 0.29) is 30.1 Å². The molecule has 0 spiro atoms. The Morgan fingerprint density at radius 2 is 2.20 bits per heavy atom. The van der Waals surface area contributed by atoms with E-state index >= 15 is 0 Å². The Kier molecular flexibility index (Phi) is 4.15. The molecule has 0 unspecified atom stereocenters. The molecule has 0 bridgehead atoms. The van der Waals surface area contributed by atoms with Crippen LogP contribution in [0.1, 0.15) is 12.8 Å². The van der Waals surface area contributed by atoms with Gasteiger partial charge in [-0.05, 0) is 12.8 Å². The number of rotatable bonds is 7. The van der Waals surface area contributed by atoms with Crippen LogP contribution in [0.15, 0.2) is 9.59 Å². The molecule has 2 rings (SSSR count). The van der Waals surface area contributed by atoms with Gasteiger partial charge in [0.15, 0.2) is 0 Å². The summed E-state index contributed by atoms with van der Waals surface area (Å²) in [6.07, 6.45) is 1.83. The molecule has 0 amide bonds. The average molecular weight is 284 g/mol. The molecular weight excluding hydrogens is 264 g/mol. The molecule has 5 N–H and O–H groups in total. The van der Waals surface area contributed by atoms with Crippen molar-refractivity contribution in [2.45, 2.75) is 19.4 Å². The molecule has 1 aromatic heterocycles. The molecular formula is C12H20N4O4. The number of aliphatic hydroxyl groups is 1. The number of nitrogens with two attached hydrogens (primary N) is 1. The van der Waals surface area contributed by atoms with Crippen molar-refractivity contribution in [3.05, 3.63) is 20.8 Å². The first-order valence-electron chi connectivity index (χ1n) is 6.49. The van der Waals surface area contributed by atoms with E-state index in [0.29, 0.717) is 13.2 Å². The summed E-state index contributed by atoms with van der Waals surface area (Å²) in [4.78, 5) is 25.7. The predicted octanol–water partition coefficient (Wildman–Crippen LogP) is -1.05. The van der Waals surface area contributed by atoms with Crippen LogP contribution in [0.3, 0.4) is 0 Å². The van der Waals surface area contributed by atoms with Gasteiger partial charge in [-0.25, -0.2) is 4.79 Å². The monoisotopic (exact) mass is 284 g/mol. The van der Waals surface area contributed by atoms with Crippen LogP contribution in [-0.2, 0) is 11.3 Å². The van der Waals surface area contributed by atoms with E-state index in [9.17, 15) is 14.7 Å². The highest BCUT2D eigenvalue weighted by atomic mass is 16.5. The van der Waals surface area contributed by atoms with Crippen LogP contribution in [0.25, 0.3) is 0 Å². The lowest BCUT2D eigenvalue weighted by Crippen LogP contribution is -2.36. The smallest absolute Gasteiger partial charge is 0.330 e. The molecule has 1 fully saturated rings. The lowest BCUT2D eigenvalue weighted by atomic mass is 10.1. The number of aromatic nitrogens is 2. The number of anilines is 2. The predicted molar refractivity (Wildman–Crippen MR) is 74.9 cm³/mol. The lowest BCUT2D eigenvalue weighted by Gasteiger charge is -2.16. The number of aromatic amines is 1. The Labute approximate surface area is 115 Å². The number of aliphatic hydroxyl groups excluding tert-OH is 1. The number of methoxy groups -OCH3 is 1. The Hall–Kier alpha value is -1.80. The highest BCUT2D eigenvalue weighted by Crippen LogP contribution is 2.44. The summed E-state index contributed by atoms with van der Waals surface area (Å²) in [6, 6.07) is 0. The summed E-state index contributed by atoms with van der Waals surface area (Å²) in [5.74, 6) is 0.0875. The molecule has 1 saturated carbocycles. The fraction of sp³-hybridized carbons (Fsp3) is 0.667. The number of nitrogen functional groups attached to an aromatic ring is 1. The van der Waals surface area contributed by atoms with Gasteiger partial charge < -0.3 is 20.9 Å². The van der Waals surface area contributed by atoms with E-state index in [1.54, 1.807) is 0 Å². The highest BCUT2D eigenvalue weighted by molar-refractivity contribution is 5.60. The largest absolute Gasteiger partial charge is 0.396 e. The van der Waals surface area contributed by atoms with Gasteiger partial charge in [0.1, 0.15) is 11.5 Å². The molecule has 1 aromatic rings. The maximum Gasteiger partial charge on any atom is 0.330 e. The van der Waals surface area contributed by atoms with Crippen molar-refractivity contribution in [2.75, 3.05) is 37.9 Å². The summed E-state index contributed by atoms with van der Waals surface area (Å²) in [7, 11) is 1.52. The Bertz CT molecular complexity index is 588. The SMILES string of the molecule is COCCn1c(N)c(NCC2(CO)CC2)c(=O)[nH]c1=O. The van der Waals surface area contributed by atoms with E-state index in [1.165, 1.54) is 11.7 Å². The van der Waals surface area contributed by atoms with Crippen LogP contribution in [0.4, 0.5) is 11.5 Å². The first-order valence-corrected chi connectivity index (χ1v) is 6.49. The van der Waals surface area contributed by atoms with E-state index in [0.717, 1.165) is 12.8 Å². The zero-order chi connectivity index (χ0) is 14.8. The first-order chi connectivity index (χ1) is 9.53. The van der Waals surface area contributed by atoms with Gasteiger partial charge in [-0.3, -0.25) is 14.3 Å². The lowest BCUT2D eigenvalue weighted by molar-refractivity contribution is 0.186. The van der Waals surface area contributed by atoms with Gasteiger partial charge in [-0.15, -0.1) is 0 Å². The van der Waals surface area contributed by atoms with E-state index in [2.05, 4.69) is 10.3 Å². The van der Waals surface area contributed by atoms with E-state index in [1.807, 2.05) is 0 Å². The minimum atomic E-state index is -0.557. The van der Waals surface area contributed by atoms with Crippen molar-refractivity contribution in [1.82, 2.24) is 9.55 Å². The number of ether oxygens (including phenoxy) is 1. The van der Waals surface area contributed by atoms with Gasteiger partial charge in [0.25, 0.3) is 5.56 Å². The summed E-state index contributed by atoms with van der Waals surface area (Å²) >= 11 is 0. The minimum absolute atomic E-state index is 0.0706. The van der Waals surface area contributed by atoms with Gasteiger partial charge in [0, 0.05) is 19.1 Å². The normalized spacial score (nSPS) is 16.1. The molecule has 8 heteroatoms.